The van der Waals surface area contributed by atoms with Gasteiger partial charge in [0.05, 0.1) is 12.6 Å². The maximum absolute atomic E-state index is 5.73. The zero-order valence-electron chi connectivity index (χ0n) is 12.2. The van der Waals surface area contributed by atoms with Gasteiger partial charge in [0.25, 0.3) is 0 Å². The molecule has 0 aliphatic rings. The van der Waals surface area contributed by atoms with Crippen LogP contribution in [0.15, 0.2) is 51.4 Å². The Labute approximate surface area is 143 Å². The summed E-state index contributed by atoms with van der Waals surface area (Å²) < 4.78 is 7.89. The number of benzene rings is 2. The van der Waals surface area contributed by atoms with Gasteiger partial charge in [-0.25, -0.2) is 0 Å². The average Bonchev–Trinajstić information content (AvgIpc) is 2.50. The van der Waals surface area contributed by atoms with E-state index in [1.165, 1.54) is 11.1 Å². The Morgan fingerprint density at radius 2 is 1.95 bits per heavy atom. The van der Waals surface area contributed by atoms with Crippen LogP contribution in [0.3, 0.4) is 0 Å². The van der Waals surface area contributed by atoms with Crippen molar-refractivity contribution < 1.29 is 4.74 Å². The van der Waals surface area contributed by atoms with Crippen LogP contribution in [-0.2, 0) is 0 Å². The fourth-order valence-electron chi connectivity index (χ4n) is 2.24. The normalized spacial score (nSPS) is 12.2. The zero-order valence-corrected chi connectivity index (χ0v) is 15.4. The third-order valence-electron chi connectivity index (χ3n) is 3.22. The Balaban J connectivity index is 2.34. The van der Waals surface area contributed by atoms with E-state index in [0.717, 1.165) is 27.7 Å². The molecule has 4 heteroatoms. The van der Waals surface area contributed by atoms with Crippen LogP contribution < -0.4 is 10.1 Å². The molecule has 0 spiro atoms. The first-order chi connectivity index (χ1) is 10.2. The molecule has 1 unspecified atom stereocenters. The molecule has 0 aliphatic carbocycles. The van der Waals surface area contributed by atoms with Crippen molar-refractivity contribution >= 4 is 31.9 Å². The molecule has 0 amide bonds. The minimum absolute atomic E-state index is 0.113. The van der Waals surface area contributed by atoms with Gasteiger partial charge in [-0.3, -0.25) is 0 Å². The highest BCUT2D eigenvalue weighted by atomic mass is 79.9. The Kier molecular flexibility index (Phi) is 6.27. The van der Waals surface area contributed by atoms with Crippen molar-refractivity contribution in [1.29, 1.82) is 0 Å². The molecule has 2 nitrogen and oxygen atoms in total. The van der Waals surface area contributed by atoms with Crippen LogP contribution in [-0.4, -0.2) is 13.7 Å². The summed E-state index contributed by atoms with van der Waals surface area (Å²) in [5.41, 5.74) is 2.38. The molecule has 0 bridgehead atoms. The maximum Gasteiger partial charge on any atom is 0.119 e. The summed E-state index contributed by atoms with van der Waals surface area (Å²) in [5.74, 6) is 0.917. The summed E-state index contributed by atoms with van der Waals surface area (Å²) in [6, 6.07) is 14.6. The van der Waals surface area contributed by atoms with Crippen LogP contribution in [0.5, 0.6) is 5.75 Å². The minimum atomic E-state index is 0.113. The van der Waals surface area contributed by atoms with E-state index in [1.807, 2.05) is 25.2 Å². The van der Waals surface area contributed by atoms with E-state index in [9.17, 15) is 0 Å². The molecule has 0 radical (unpaired) electrons. The third-order valence-corrected chi connectivity index (χ3v) is 4.44. The smallest absolute Gasteiger partial charge is 0.119 e. The molecular formula is C17H19Br2NO. The Hall–Kier alpha value is -0.840. The second-order valence-electron chi connectivity index (χ2n) is 4.81. The van der Waals surface area contributed by atoms with Crippen molar-refractivity contribution in [3.05, 3.63) is 62.5 Å². The highest BCUT2D eigenvalue weighted by molar-refractivity contribution is 9.11. The SMILES string of the molecule is CCCOc1cccc(C(NC)c2cc(Br)ccc2Br)c1. The highest BCUT2D eigenvalue weighted by Gasteiger charge is 2.16. The number of nitrogens with one attached hydrogen (secondary N) is 1. The molecule has 0 heterocycles. The van der Waals surface area contributed by atoms with Crippen LogP contribution in [0.1, 0.15) is 30.5 Å². The maximum atomic E-state index is 5.73. The number of ether oxygens (including phenoxy) is 1. The topological polar surface area (TPSA) is 21.3 Å². The first-order valence-corrected chi connectivity index (χ1v) is 8.59. The van der Waals surface area contributed by atoms with Crippen molar-refractivity contribution in [3.8, 4) is 5.75 Å². The van der Waals surface area contributed by atoms with E-state index in [1.54, 1.807) is 0 Å². The van der Waals surface area contributed by atoms with E-state index in [4.69, 9.17) is 4.74 Å². The lowest BCUT2D eigenvalue weighted by Gasteiger charge is -2.20. The van der Waals surface area contributed by atoms with Crippen molar-refractivity contribution in [3.63, 3.8) is 0 Å². The fourth-order valence-corrected chi connectivity index (χ4v) is 3.10. The quantitative estimate of drug-likeness (QED) is 0.694. The van der Waals surface area contributed by atoms with Crippen molar-refractivity contribution in [2.75, 3.05) is 13.7 Å². The minimum Gasteiger partial charge on any atom is -0.494 e. The molecule has 2 aromatic carbocycles. The second kappa shape index (κ2) is 7.97. The van der Waals surface area contributed by atoms with E-state index in [0.29, 0.717) is 0 Å². The average molecular weight is 413 g/mol. The van der Waals surface area contributed by atoms with Gasteiger partial charge in [-0.1, -0.05) is 50.9 Å². The summed E-state index contributed by atoms with van der Waals surface area (Å²) in [5, 5.41) is 3.38. The van der Waals surface area contributed by atoms with E-state index in [2.05, 4.69) is 68.4 Å². The first-order valence-electron chi connectivity index (χ1n) is 7.00. The number of hydrogen-bond acceptors (Lipinski definition) is 2. The first kappa shape index (κ1) is 16.5. The second-order valence-corrected chi connectivity index (χ2v) is 6.58. The molecule has 1 atom stereocenters. The van der Waals surface area contributed by atoms with Gasteiger partial charge < -0.3 is 10.1 Å². The molecule has 0 fully saturated rings. The van der Waals surface area contributed by atoms with Gasteiger partial charge in [-0.2, -0.15) is 0 Å². The fraction of sp³-hybridized carbons (Fsp3) is 0.294. The lowest BCUT2D eigenvalue weighted by molar-refractivity contribution is 0.317. The van der Waals surface area contributed by atoms with Crippen molar-refractivity contribution in [2.24, 2.45) is 0 Å². The van der Waals surface area contributed by atoms with Gasteiger partial charge in [0.2, 0.25) is 0 Å². The number of halogens is 2. The zero-order chi connectivity index (χ0) is 15.2. The van der Waals surface area contributed by atoms with E-state index < -0.39 is 0 Å². The molecule has 0 aliphatic heterocycles. The molecule has 0 saturated carbocycles. The number of hydrogen-bond donors (Lipinski definition) is 1. The summed E-state index contributed by atoms with van der Waals surface area (Å²) in [4.78, 5) is 0. The van der Waals surface area contributed by atoms with Gasteiger partial charge in [0.1, 0.15) is 5.75 Å². The van der Waals surface area contributed by atoms with Gasteiger partial charge in [0.15, 0.2) is 0 Å². The van der Waals surface area contributed by atoms with Gasteiger partial charge in [-0.15, -0.1) is 0 Å². The van der Waals surface area contributed by atoms with Gasteiger partial charge in [0, 0.05) is 8.95 Å². The van der Waals surface area contributed by atoms with Crippen LogP contribution in [0, 0.1) is 0 Å². The van der Waals surface area contributed by atoms with E-state index in [-0.39, 0.29) is 6.04 Å². The summed E-state index contributed by atoms with van der Waals surface area (Å²) in [7, 11) is 1.97. The Bertz CT molecular complexity index is 601. The number of rotatable bonds is 6. The Morgan fingerprint density at radius 1 is 1.14 bits per heavy atom. The standard InChI is InChI=1S/C17H19Br2NO/c1-3-9-21-14-6-4-5-12(10-14)17(20-2)15-11-13(18)7-8-16(15)19/h4-8,10-11,17,20H,3,9H2,1-2H3. The van der Waals surface area contributed by atoms with Gasteiger partial charge in [-0.05, 0) is 54.9 Å². The largest absolute Gasteiger partial charge is 0.494 e. The summed E-state index contributed by atoms with van der Waals surface area (Å²) in [6.45, 7) is 2.85. The summed E-state index contributed by atoms with van der Waals surface area (Å²) in [6.07, 6.45) is 1.01. The molecule has 112 valence electrons. The van der Waals surface area contributed by atoms with Crippen LogP contribution in [0.25, 0.3) is 0 Å². The summed E-state index contributed by atoms with van der Waals surface area (Å²) >= 11 is 7.18. The van der Waals surface area contributed by atoms with Crippen LogP contribution >= 0.6 is 31.9 Å². The predicted octanol–water partition coefficient (Wildman–Crippen LogP) is 5.31. The van der Waals surface area contributed by atoms with Crippen LogP contribution in [0.4, 0.5) is 0 Å². The molecule has 0 saturated heterocycles. The predicted molar refractivity (Wildman–Crippen MR) is 95.0 cm³/mol. The molecule has 21 heavy (non-hydrogen) atoms. The molecule has 1 N–H and O–H groups in total. The van der Waals surface area contributed by atoms with Crippen LogP contribution in [0.2, 0.25) is 0 Å². The third kappa shape index (κ3) is 4.31. The molecular weight excluding hydrogens is 394 g/mol. The van der Waals surface area contributed by atoms with Crippen molar-refractivity contribution in [2.45, 2.75) is 19.4 Å². The molecule has 2 aromatic rings. The highest BCUT2D eigenvalue weighted by Crippen LogP contribution is 2.32. The molecule has 0 aromatic heterocycles. The van der Waals surface area contributed by atoms with E-state index >= 15 is 0 Å². The lowest BCUT2D eigenvalue weighted by Crippen LogP contribution is -2.18. The monoisotopic (exact) mass is 411 g/mol. The Morgan fingerprint density at radius 3 is 2.67 bits per heavy atom. The van der Waals surface area contributed by atoms with Crippen molar-refractivity contribution in [1.82, 2.24) is 5.32 Å². The van der Waals surface area contributed by atoms with Gasteiger partial charge >= 0.3 is 0 Å². The lowest BCUT2D eigenvalue weighted by atomic mass is 9.99. The molecule has 2 rings (SSSR count).